The number of benzene rings is 4. The maximum atomic E-state index is 5.23. The fourth-order valence-electron chi connectivity index (χ4n) is 4.86. The lowest BCUT2D eigenvalue weighted by Gasteiger charge is -2.21. The van der Waals surface area contributed by atoms with Crippen molar-refractivity contribution >= 4 is 0 Å². The molecule has 0 saturated carbocycles. The van der Waals surface area contributed by atoms with E-state index in [1.54, 1.807) is 0 Å². The summed E-state index contributed by atoms with van der Waals surface area (Å²) < 4.78 is 2.09. The van der Waals surface area contributed by atoms with E-state index in [0.29, 0.717) is 11.8 Å². The molecule has 0 amide bonds. The SMILES string of the molecule is Cc1cc(C(C)C)c(-n2nc(-c3ccccc3-c3ccccc3)nc2-c2ccccc2)c(C(C)C)c1. The van der Waals surface area contributed by atoms with Crippen LogP contribution in [0.5, 0.6) is 0 Å². The number of aromatic nitrogens is 3. The molecule has 0 atom stereocenters. The number of rotatable bonds is 6. The zero-order chi connectivity index (χ0) is 25.2. The minimum Gasteiger partial charge on any atom is -0.212 e. The highest BCUT2D eigenvalue weighted by molar-refractivity contribution is 5.81. The van der Waals surface area contributed by atoms with Gasteiger partial charge < -0.3 is 0 Å². The van der Waals surface area contributed by atoms with Gasteiger partial charge in [-0.25, -0.2) is 9.67 Å². The Morgan fingerprint density at radius 1 is 0.611 bits per heavy atom. The first-order valence-corrected chi connectivity index (χ1v) is 12.8. The minimum absolute atomic E-state index is 0.352. The van der Waals surface area contributed by atoms with Crippen molar-refractivity contribution in [2.75, 3.05) is 0 Å². The first-order chi connectivity index (χ1) is 17.4. The molecule has 180 valence electrons. The average molecular weight is 472 g/mol. The molecule has 0 aliphatic heterocycles. The molecule has 36 heavy (non-hydrogen) atoms. The van der Waals surface area contributed by atoms with Crippen LogP contribution >= 0.6 is 0 Å². The first kappa shape index (κ1) is 23.7. The number of hydrogen-bond acceptors (Lipinski definition) is 2. The van der Waals surface area contributed by atoms with Gasteiger partial charge in [-0.1, -0.05) is 130 Å². The summed E-state index contributed by atoms with van der Waals surface area (Å²) in [6.07, 6.45) is 0. The Morgan fingerprint density at radius 3 is 1.67 bits per heavy atom. The van der Waals surface area contributed by atoms with Crippen molar-refractivity contribution in [2.45, 2.75) is 46.5 Å². The van der Waals surface area contributed by atoms with Crippen molar-refractivity contribution < 1.29 is 0 Å². The first-order valence-electron chi connectivity index (χ1n) is 12.8. The van der Waals surface area contributed by atoms with Gasteiger partial charge in [0.2, 0.25) is 0 Å². The normalized spacial score (nSPS) is 11.4. The van der Waals surface area contributed by atoms with Crippen LogP contribution in [0.2, 0.25) is 0 Å². The lowest BCUT2D eigenvalue weighted by atomic mass is 9.90. The predicted octanol–water partition coefficient (Wildman–Crippen LogP) is 8.82. The average Bonchev–Trinajstić information content (AvgIpc) is 3.34. The van der Waals surface area contributed by atoms with E-state index in [9.17, 15) is 0 Å². The Bertz CT molecular complexity index is 1450. The number of hydrogen-bond donors (Lipinski definition) is 0. The minimum atomic E-state index is 0.352. The summed E-state index contributed by atoms with van der Waals surface area (Å²) in [5.74, 6) is 2.30. The molecule has 1 heterocycles. The second kappa shape index (κ2) is 9.94. The highest BCUT2D eigenvalue weighted by Crippen LogP contribution is 2.37. The van der Waals surface area contributed by atoms with Crippen LogP contribution in [-0.4, -0.2) is 14.8 Å². The molecule has 0 radical (unpaired) electrons. The van der Waals surface area contributed by atoms with Gasteiger partial charge in [0, 0.05) is 11.1 Å². The van der Waals surface area contributed by atoms with Crippen LogP contribution < -0.4 is 0 Å². The maximum absolute atomic E-state index is 5.23. The van der Waals surface area contributed by atoms with Gasteiger partial charge in [-0.05, 0) is 41.0 Å². The van der Waals surface area contributed by atoms with Gasteiger partial charge >= 0.3 is 0 Å². The third-order valence-electron chi connectivity index (χ3n) is 6.66. The Hall–Kier alpha value is -3.98. The second-order valence-corrected chi connectivity index (χ2v) is 10.0. The van der Waals surface area contributed by atoms with Crippen LogP contribution in [0.3, 0.4) is 0 Å². The van der Waals surface area contributed by atoms with Crippen molar-refractivity contribution in [1.29, 1.82) is 0 Å². The Labute approximate surface area is 214 Å². The van der Waals surface area contributed by atoms with E-state index in [2.05, 4.69) is 124 Å². The third-order valence-corrected chi connectivity index (χ3v) is 6.66. The molecule has 3 nitrogen and oxygen atoms in total. The Balaban J connectivity index is 1.82. The molecular weight excluding hydrogens is 438 g/mol. The van der Waals surface area contributed by atoms with Crippen LogP contribution in [-0.2, 0) is 0 Å². The standard InChI is InChI=1S/C33H33N3/c1-22(2)29-20-24(5)21-30(23(3)4)31(29)36-33(26-16-10-7-11-17-26)34-32(35-36)28-19-13-12-18-27(28)25-14-8-6-9-15-25/h6-23H,1-5H3. The van der Waals surface area contributed by atoms with Gasteiger partial charge in [0.25, 0.3) is 0 Å². The van der Waals surface area contributed by atoms with Crippen molar-refractivity contribution in [3.8, 4) is 39.6 Å². The summed E-state index contributed by atoms with van der Waals surface area (Å²) in [6.45, 7) is 11.2. The molecule has 0 spiro atoms. The molecule has 0 saturated heterocycles. The lowest BCUT2D eigenvalue weighted by molar-refractivity contribution is 0.772. The highest BCUT2D eigenvalue weighted by Gasteiger charge is 2.23. The van der Waals surface area contributed by atoms with Crippen LogP contribution in [0.1, 0.15) is 56.2 Å². The molecule has 3 heteroatoms. The maximum Gasteiger partial charge on any atom is 0.182 e. The van der Waals surface area contributed by atoms with Gasteiger partial charge in [0.15, 0.2) is 11.6 Å². The molecule has 0 fully saturated rings. The molecule has 5 rings (SSSR count). The zero-order valence-corrected chi connectivity index (χ0v) is 21.7. The fourth-order valence-corrected chi connectivity index (χ4v) is 4.86. The van der Waals surface area contributed by atoms with E-state index in [4.69, 9.17) is 10.1 Å². The quantitative estimate of drug-likeness (QED) is 0.248. The van der Waals surface area contributed by atoms with E-state index < -0.39 is 0 Å². The summed E-state index contributed by atoms with van der Waals surface area (Å²) in [5, 5.41) is 5.23. The number of nitrogens with zero attached hydrogens (tertiary/aromatic N) is 3. The molecule has 0 unspecified atom stereocenters. The van der Waals surface area contributed by atoms with E-state index >= 15 is 0 Å². The van der Waals surface area contributed by atoms with Crippen molar-refractivity contribution in [1.82, 2.24) is 14.8 Å². The van der Waals surface area contributed by atoms with Crippen molar-refractivity contribution in [3.05, 3.63) is 114 Å². The van der Waals surface area contributed by atoms with Gasteiger partial charge in [0.05, 0.1) is 5.69 Å². The zero-order valence-electron chi connectivity index (χ0n) is 21.7. The molecule has 0 aliphatic carbocycles. The van der Waals surface area contributed by atoms with E-state index in [1.807, 2.05) is 12.1 Å². The Morgan fingerprint density at radius 2 is 1.11 bits per heavy atom. The number of aryl methyl sites for hydroxylation is 1. The smallest absolute Gasteiger partial charge is 0.182 e. The van der Waals surface area contributed by atoms with Gasteiger partial charge in [-0.15, -0.1) is 5.10 Å². The summed E-state index contributed by atoms with van der Waals surface area (Å²) in [4.78, 5) is 5.19. The lowest BCUT2D eigenvalue weighted by Crippen LogP contribution is -2.10. The van der Waals surface area contributed by atoms with Gasteiger partial charge in [-0.3, -0.25) is 0 Å². The molecule has 0 aliphatic rings. The van der Waals surface area contributed by atoms with Crippen LogP contribution in [0.4, 0.5) is 0 Å². The molecular formula is C33H33N3. The van der Waals surface area contributed by atoms with Crippen molar-refractivity contribution in [3.63, 3.8) is 0 Å². The third kappa shape index (κ3) is 4.49. The molecule has 4 aromatic carbocycles. The topological polar surface area (TPSA) is 30.7 Å². The fraction of sp³-hybridized carbons (Fsp3) is 0.212. The van der Waals surface area contributed by atoms with Crippen LogP contribution in [0, 0.1) is 6.92 Å². The monoisotopic (exact) mass is 471 g/mol. The highest BCUT2D eigenvalue weighted by atomic mass is 15.4. The van der Waals surface area contributed by atoms with E-state index in [1.165, 1.54) is 16.7 Å². The van der Waals surface area contributed by atoms with Gasteiger partial charge in [0.1, 0.15) is 0 Å². The Kier molecular flexibility index (Phi) is 6.56. The van der Waals surface area contributed by atoms with Gasteiger partial charge in [-0.2, -0.15) is 0 Å². The largest absolute Gasteiger partial charge is 0.212 e. The molecule has 0 bridgehead atoms. The second-order valence-electron chi connectivity index (χ2n) is 10.0. The summed E-state index contributed by atoms with van der Waals surface area (Å²) in [7, 11) is 0. The molecule has 5 aromatic rings. The summed E-state index contributed by atoms with van der Waals surface area (Å²) >= 11 is 0. The van der Waals surface area contributed by atoms with Crippen LogP contribution in [0.25, 0.3) is 39.6 Å². The predicted molar refractivity (Wildman–Crippen MR) is 151 cm³/mol. The van der Waals surface area contributed by atoms with E-state index in [0.717, 1.165) is 39.6 Å². The van der Waals surface area contributed by atoms with Crippen molar-refractivity contribution in [2.24, 2.45) is 0 Å². The molecule has 0 N–H and O–H groups in total. The summed E-state index contributed by atoms with van der Waals surface area (Å²) in [5.41, 5.74) is 9.40. The van der Waals surface area contributed by atoms with Crippen LogP contribution in [0.15, 0.2) is 97.1 Å². The van der Waals surface area contributed by atoms with E-state index in [-0.39, 0.29) is 0 Å². The summed E-state index contributed by atoms with van der Waals surface area (Å²) in [6, 6.07) is 33.9. The molecule has 1 aromatic heterocycles.